The Labute approximate surface area is 119 Å². The first-order valence-corrected chi connectivity index (χ1v) is 7.00. The predicted molar refractivity (Wildman–Crippen MR) is 79.2 cm³/mol. The van der Waals surface area contributed by atoms with Crippen molar-refractivity contribution >= 4 is 5.82 Å². The van der Waals surface area contributed by atoms with Crippen molar-refractivity contribution in [3.8, 4) is 5.75 Å². The highest BCUT2D eigenvalue weighted by atomic mass is 16.5. The van der Waals surface area contributed by atoms with Gasteiger partial charge in [-0.1, -0.05) is 24.6 Å². The number of aryl methyl sites for hydroxylation is 3. The summed E-state index contributed by atoms with van der Waals surface area (Å²) in [5.74, 6) is 2.64. The normalized spacial score (nSPS) is 16.6. The minimum absolute atomic E-state index is 0.156. The Hall–Kier alpha value is -2.10. The Morgan fingerprint density at radius 3 is 2.90 bits per heavy atom. The lowest BCUT2D eigenvalue weighted by Crippen LogP contribution is -2.14. The standard InChI is InChI=1S/C16H19N3O/c1-4-12-8-16(18-11(3)17-12)19-14-9-20-15-6-5-10(2)7-13(14)15/h5-8,14H,4,9H2,1-3H3,(H,17,18,19). The van der Waals surface area contributed by atoms with Crippen molar-refractivity contribution in [1.29, 1.82) is 0 Å². The molecule has 0 saturated carbocycles. The zero-order valence-corrected chi connectivity index (χ0v) is 12.1. The molecule has 1 aliphatic rings. The lowest BCUT2D eigenvalue weighted by molar-refractivity contribution is 0.339. The summed E-state index contributed by atoms with van der Waals surface area (Å²) in [6.45, 7) is 6.76. The Balaban J connectivity index is 1.87. The van der Waals surface area contributed by atoms with Crippen molar-refractivity contribution in [2.45, 2.75) is 33.2 Å². The van der Waals surface area contributed by atoms with Crippen molar-refractivity contribution in [1.82, 2.24) is 9.97 Å². The maximum Gasteiger partial charge on any atom is 0.130 e. The van der Waals surface area contributed by atoms with Crippen LogP contribution in [0.5, 0.6) is 5.75 Å². The van der Waals surface area contributed by atoms with Gasteiger partial charge in [0, 0.05) is 17.3 Å². The quantitative estimate of drug-likeness (QED) is 0.929. The highest BCUT2D eigenvalue weighted by Gasteiger charge is 2.24. The van der Waals surface area contributed by atoms with E-state index in [1.54, 1.807) is 0 Å². The Morgan fingerprint density at radius 1 is 1.25 bits per heavy atom. The van der Waals surface area contributed by atoms with Gasteiger partial charge < -0.3 is 10.1 Å². The minimum Gasteiger partial charge on any atom is -0.491 e. The van der Waals surface area contributed by atoms with Crippen molar-refractivity contribution in [3.05, 3.63) is 46.9 Å². The van der Waals surface area contributed by atoms with Gasteiger partial charge in [-0.15, -0.1) is 0 Å². The molecule has 0 bridgehead atoms. The van der Waals surface area contributed by atoms with E-state index in [1.807, 2.05) is 19.1 Å². The van der Waals surface area contributed by atoms with Crippen LogP contribution in [0.25, 0.3) is 0 Å². The second-order valence-corrected chi connectivity index (χ2v) is 5.19. The first kappa shape index (κ1) is 12.9. The molecule has 0 spiro atoms. The lowest BCUT2D eigenvalue weighted by Gasteiger charge is -2.14. The van der Waals surface area contributed by atoms with E-state index in [1.165, 1.54) is 11.1 Å². The predicted octanol–water partition coefficient (Wildman–Crippen LogP) is 3.20. The summed E-state index contributed by atoms with van der Waals surface area (Å²) in [6, 6.07) is 8.46. The van der Waals surface area contributed by atoms with Gasteiger partial charge in [-0.3, -0.25) is 0 Å². The maximum atomic E-state index is 5.72. The summed E-state index contributed by atoms with van der Waals surface area (Å²) in [7, 11) is 0. The Bertz CT molecular complexity index is 640. The molecule has 0 aliphatic carbocycles. The molecule has 1 N–H and O–H groups in total. The third-order valence-electron chi connectivity index (χ3n) is 3.52. The molecular weight excluding hydrogens is 250 g/mol. The molecule has 104 valence electrons. The highest BCUT2D eigenvalue weighted by Crippen LogP contribution is 2.34. The summed E-state index contributed by atoms with van der Waals surface area (Å²) in [5.41, 5.74) is 3.51. The van der Waals surface area contributed by atoms with Crippen molar-refractivity contribution in [2.75, 3.05) is 11.9 Å². The van der Waals surface area contributed by atoms with Crippen LogP contribution in [0.4, 0.5) is 5.82 Å². The number of fused-ring (bicyclic) bond motifs is 1. The fraction of sp³-hybridized carbons (Fsp3) is 0.375. The molecule has 1 aliphatic heterocycles. The second-order valence-electron chi connectivity index (χ2n) is 5.19. The van der Waals surface area contributed by atoms with E-state index in [2.05, 4.69) is 41.3 Å². The van der Waals surface area contributed by atoms with Crippen LogP contribution in [0, 0.1) is 13.8 Å². The van der Waals surface area contributed by atoms with Gasteiger partial charge in [0.1, 0.15) is 24.0 Å². The Kier molecular flexibility index (Phi) is 3.30. The molecule has 1 unspecified atom stereocenters. The van der Waals surface area contributed by atoms with Gasteiger partial charge in [-0.05, 0) is 26.3 Å². The third kappa shape index (κ3) is 2.46. The molecule has 0 radical (unpaired) electrons. The lowest BCUT2D eigenvalue weighted by atomic mass is 10.1. The molecule has 3 rings (SSSR count). The van der Waals surface area contributed by atoms with E-state index in [0.717, 1.165) is 29.5 Å². The minimum atomic E-state index is 0.156. The number of benzene rings is 1. The topological polar surface area (TPSA) is 47.0 Å². The van der Waals surface area contributed by atoms with E-state index in [0.29, 0.717) is 6.61 Å². The van der Waals surface area contributed by atoms with Crippen LogP contribution in [-0.4, -0.2) is 16.6 Å². The van der Waals surface area contributed by atoms with Gasteiger partial charge in [0.25, 0.3) is 0 Å². The van der Waals surface area contributed by atoms with Gasteiger partial charge in [0.2, 0.25) is 0 Å². The zero-order chi connectivity index (χ0) is 14.1. The molecule has 0 fully saturated rings. The first-order valence-electron chi connectivity index (χ1n) is 7.00. The van der Waals surface area contributed by atoms with Crippen LogP contribution in [0.2, 0.25) is 0 Å². The SMILES string of the molecule is CCc1cc(NC2COc3ccc(C)cc32)nc(C)n1. The van der Waals surface area contributed by atoms with E-state index < -0.39 is 0 Å². The van der Waals surface area contributed by atoms with Crippen LogP contribution >= 0.6 is 0 Å². The molecule has 2 heterocycles. The smallest absolute Gasteiger partial charge is 0.130 e. The molecule has 1 atom stereocenters. The molecule has 1 aromatic heterocycles. The monoisotopic (exact) mass is 269 g/mol. The van der Waals surface area contributed by atoms with Gasteiger partial charge >= 0.3 is 0 Å². The third-order valence-corrected chi connectivity index (χ3v) is 3.52. The highest BCUT2D eigenvalue weighted by molar-refractivity contribution is 5.48. The number of nitrogens with one attached hydrogen (secondary N) is 1. The van der Waals surface area contributed by atoms with Crippen molar-refractivity contribution in [2.24, 2.45) is 0 Å². The number of nitrogens with zero attached hydrogens (tertiary/aromatic N) is 2. The van der Waals surface area contributed by atoms with Crippen LogP contribution in [-0.2, 0) is 6.42 Å². The molecular formula is C16H19N3O. The van der Waals surface area contributed by atoms with Gasteiger partial charge in [0.15, 0.2) is 0 Å². The van der Waals surface area contributed by atoms with Gasteiger partial charge in [-0.25, -0.2) is 9.97 Å². The van der Waals surface area contributed by atoms with Gasteiger partial charge in [-0.2, -0.15) is 0 Å². The molecule has 2 aromatic rings. The molecule has 20 heavy (non-hydrogen) atoms. The number of hydrogen-bond acceptors (Lipinski definition) is 4. The fourth-order valence-electron chi connectivity index (χ4n) is 2.52. The zero-order valence-electron chi connectivity index (χ0n) is 12.1. The van der Waals surface area contributed by atoms with E-state index in [-0.39, 0.29) is 6.04 Å². The first-order chi connectivity index (χ1) is 9.65. The summed E-state index contributed by atoms with van der Waals surface area (Å²) in [6.07, 6.45) is 0.912. The molecule has 4 nitrogen and oxygen atoms in total. The van der Waals surface area contributed by atoms with Crippen LogP contribution < -0.4 is 10.1 Å². The number of ether oxygens (including phenoxy) is 1. The van der Waals surface area contributed by atoms with E-state index in [4.69, 9.17) is 4.74 Å². The average molecular weight is 269 g/mol. The van der Waals surface area contributed by atoms with Crippen LogP contribution in [0.1, 0.15) is 35.6 Å². The van der Waals surface area contributed by atoms with Gasteiger partial charge in [0.05, 0.1) is 6.04 Å². The van der Waals surface area contributed by atoms with Crippen LogP contribution in [0.3, 0.4) is 0 Å². The van der Waals surface area contributed by atoms with Crippen molar-refractivity contribution in [3.63, 3.8) is 0 Å². The fourth-order valence-corrected chi connectivity index (χ4v) is 2.52. The Morgan fingerprint density at radius 2 is 2.10 bits per heavy atom. The largest absolute Gasteiger partial charge is 0.491 e. The molecule has 0 amide bonds. The maximum absolute atomic E-state index is 5.72. The number of hydrogen-bond donors (Lipinski definition) is 1. The van der Waals surface area contributed by atoms with Crippen molar-refractivity contribution < 1.29 is 4.74 Å². The summed E-state index contributed by atoms with van der Waals surface area (Å²) < 4.78 is 5.72. The molecule has 0 saturated heterocycles. The van der Waals surface area contributed by atoms with Crippen LogP contribution in [0.15, 0.2) is 24.3 Å². The summed E-state index contributed by atoms with van der Waals surface area (Å²) in [4.78, 5) is 8.87. The molecule has 4 heteroatoms. The summed E-state index contributed by atoms with van der Waals surface area (Å²) in [5, 5.41) is 3.46. The van der Waals surface area contributed by atoms with E-state index in [9.17, 15) is 0 Å². The second kappa shape index (κ2) is 5.12. The number of anilines is 1. The van der Waals surface area contributed by atoms with E-state index >= 15 is 0 Å². The number of rotatable bonds is 3. The summed E-state index contributed by atoms with van der Waals surface area (Å²) >= 11 is 0. The molecule has 1 aromatic carbocycles. The number of aromatic nitrogens is 2. The average Bonchev–Trinajstić information content (AvgIpc) is 2.80.